The van der Waals surface area contributed by atoms with Crippen LogP contribution in [0.5, 0.6) is 0 Å². The van der Waals surface area contributed by atoms with Crippen molar-refractivity contribution in [1.29, 1.82) is 5.26 Å². The van der Waals surface area contributed by atoms with Crippen molar-refractivity contribution in [3.63, 3.8) is 0 Å². The zero-order valence-electron chi connectivity index (χ0n) is 12.3. The summed E-state index contributed by atoms with van der Waals surface area (Å²) < 4.78 is 13.6. The molecule has 2 aromatic carbocycles. The van der Waals surface area contributed by atoms with E-state index < -0.39 is 5.82 Å². The molecule has 6 nitrogen and oxygen atoms in total. The molecular formula is C16H12BrFN4O2. The Hall–Kier alpha value is -2.60. The van der Waals surface area contributed by atoms with Crippen LogP contribution in [-0.4, -0.2) is 10.4 Å². The van der Waals surface area contributed by atoms with E-state index >= 15 is 0 Å². The second-order valence-corrected chi connectivity index (χ2v) is 5.81. The molecule has 0 atom stereocenters. The lowest BCUT2D eigenvalue weighted by Crippen LogP contribution is -2.26. The molecule has 0 saturated heterocycles. The molecule has 8 heteroatoms. The average Bonchev–Trinajstić information content (AvgIpc) is 2.96. The second kappa shape index (κ2) is 6.88. The monoisotopic (exact) mass is 390 g/mol. The van der Waals surface area contributed by atoms with Crippen molar-refractivity contribution in [1.82, 2.24) is 10.5 Å². The first-order valence-electron chi connectivity index (χ1n) is 6.93. The Morgan fingerprint density at radius 2 is 2.12 bits per heavy atom. The fourth-order valence-corrected chi connectivity index (χ4v) is 2.48. The van der Waals surface area contributed by atoms with Crippen LogP contribution < -0.4 is 10.4 Å². The molecule has 0 spiro atoms. The Kier molecular flexibility index (Phi) is 4.66. The van der Waals surface area contributed by atoms with Crippen LogP contribution in [-0.2, 0) is 11.5 Å². The number of hydrogen-bond acceptors (Lipinski definition) is 6. The predicted molar refractivity (Wildman–Crippen MR) is 87.4 cm³/mol. The highest BCUT2D eigenvalue weighted by molar-refractivity contribution is 9.10. The second-order valence-electron chi connectivity index (χ2n) is 4.96. The number of halogens is 2. The van der Waals surface area contributed by atoms with Gasteiger partial charge in [0.2, 0.25) is 0 Å². The van der Waals surface area contributed by atoms with E-state index in [1.54, 1.807) is 18.2 Å². The van der Waals surface area contributed by atoms with Crippen LogP contribution in [0, 0.1) is 17.1 Å². The Morgan fingerprint density at radius 1 is 1.29 bits per heavy atom. The molecule has 0 amide bonds. The number of nitrogens with one attached hydrogen (secondary N) is 1. The predicted octanol–water partition coefficient (Wildman–Crippen LogP) is 3.41. The topological polar surface area (TPSA) is 71.8 Å². The van der Waals surface area contributed by atoms with E-state index in [-0.39, 0.29) is 4.47 Å². The number of rotatable bonds is 4. The van der Waals surface area contributed by atoms with Gasteiger partial charge in [-0.25, -0.2) is 4.39 Å². The molecule has 0 fully saturated rings. The van der Waals surface area contributed by atoms with Crippen molar-refractivity contribution < 1.29 is 14.5 Å². The minimum absolute atomic E-state index is 0.288. The molecule has 122 valence electrons. The lowest BCUT2D eigenvalue weighted by Gasteiger charge is -2.16. The first kappa shape index (κ1) is 16.3. The van der Waals surface area contributed by atoms with Gasteiger partial charge in [-0.15, -0.1) is 4.94 Å². The summed E-state index contributed by atoms with van der Waals surface area (Å²) in [5, 5.41) is 23.6. The quantitative estimate of drug-likeness (QED) is 0.833. The maximum Gasteiger partial charge on any atom is 0.179 e. The van der Waals surface area contributed by atoms with Gasteiger partial charge < -0.3 is 5.32 Å². The minimum atomic E-state index is -0.390. The van der Waals surface area contributed by atoms with E-state index in [2.05, 4.69) is 27.3 Å². The number of benzene rings is 2. The van der Waals surface area contributed by atoms with Crippen LogP contribution >= 0.6 is 15.9 Å². The SMILES string of the molecule is N#Cc1cccc(CNC2=CN(c3ccc(F)c(Br)c3)ON2O)c1. The van der Waals surface area contributed by atoms with E-state index in [0.717, 1.165) is 5.56 Å². The van der Waals surface area contributed by atoms with Gasteiger partial charge >= 0.3 is 0 Å². The molecular weight excluding hydrogens is 379 g/mol. The molecule has 3 rings (SSSR count). The van der Waals surface area contributed by atoms with Crippen LogP contribution in [0.1, 0.15) is 11.1 Å². The highest BCUT2D eigenvalue weighted by Crippen LogP contribution is 2.27. The molecule has 1 heterocycles. The molecule has 2 aromatic rings. The molecule has 0 aromatic heterocycles. The third-order valence-corrected chi connectivity index (χ3v) is 3.91. The van der Waals surface area contributed by atoms with Crippen molar-refractivity contribution in [2.45, 2.75) is 6.54 Å². The van der Waals surface area contributed by atoms with Crippen molar-refractivity contribution in [3.05, 3.63) is 75.9 Å². The lowest BCUT2D eigenvalue weighted by molar-refractivity contribution is -0.306. The summed E-state index contributed by atoms with van der Waals surface area (Å²) in [5.74, 6) is -0.0867. The van der Waals surface area contributed by atoms with Gasteiger partial charge in [0.05, 0.1) is 28.0 Å². The summed E-state index contributed by atoms with van der Waals surface area (Å²) >= 11 is 3.10. The summed E-state index contributed by atoms with van der Waals surface area (Å²) in [5.41, 5.74) is 1.97. The number of hydrogen-bond donors (Lipinski definition) is 2. The van der Waals surface area contributed by atoms with Crippen LogP contribution in [0.3, 0.4) is 0 Å². The summed E-state index contributed by atoms with van der Waals surface area (Å²) in [6.45, 7) is 0.392. The number of anilines is 1. The number of nitrogens with zero attached hydrogens (tertiary/aromatic N) is 3. The maximum atomic E-state index is 13.3. The van der Waals surface area contributed by atoms with Crippen molar-refractivity contribution in [3.8, 4) is 6.07 Å². The third-order valence-electron chi connectivity index (χ3n) is 3.30. The van der Waals surface area contributed by atoms with Crippen LogP contribution in [0.2, 0.25) is 0 Å². The summed E-state index contributed by atoms with van der Waals surface area (Å²) in [6, 6.07) is 13.5. The van der Waals surface area contributed by atoms with Gasteiger partial charge in [-0.2, -0.15) is 10.3 Å². The smallest absolute Gasteiger partial charge is 0.179 e. The summed E-state index contributed by atoms with van der Waals surface area (Å²) in [6.07, 6.45) is 1.52. The highest BCUT2D eigenvalue weighted by Gasteiger charge is 2.23. The lowest BCUT2D eigenvalue weighted by atomic mass is 10.1. The molecule has 0 unspecified atom stereocenters. The maximum absolute atomic E-state index is 13.3. The third kappa shape index (κ3) is 3.49. The van der Waals surface area contributed by atoms with Crippen molar-refractivity contribution >= 4 is 21.6 Å². The zero-order chi connectivity index (χ0) is 17.1. The van der Waals surface area contributed by atoms with E-state index in [4.69, 9.17) is 10.2 Å². The van der Waals surface area contributed by atoms with Crippen molar-refractivity contribution in [2.75, 3.05) is 5.06 Å². The molecule has 0 bridgehead atoms. The Bertz CT molecular complexity index is 837. The Balaban J connectivity index is 1.71. The highest BCUT2D eigenvalue weighted by atomic mass is 79.9. The molecule has 1 aliphatic rings. The van der Waals surface area contributed by atoms with Gasteiger partial charge in [0.1, 0.15) is 5.82 Å². The van der Waals surface area contributed by atoms with Crippen LogP contribution in [0.4, 0.5) is 10.1 Å². The van der Waals surface area contributed by atoms with Gasteiger partial charge in [0.25, 0.3) is 0 Å². The zero-order valence-corrected chi connectivity index (χ0v) is 13.9. The normalized spacial score (nSPS) is 13.7. The van der Waals surface area contributed by atoms with Crippen LogP contribution in [0.15, 0.2) is 59.0 Å². The molecule has 0 aliphatic carbocycles. The molecule has 0 radical (unpaired) electrons. The van der Waals surface area contributed by atoms with E-state index in [9.17, 15) is 9.60 Å². The first-order chi connectivity index (χ1) is 11.6. The van der Waals surface area contributed by atoms with Crippen molar-refractivity contribution in [2.24, 2.45) is 0 Å². The van der Waals surface area contributed by atoms with E-state index in [0.29, 0.717) is 28.8 Å². The molecule has 1 aliphatic heterocycles. The molecule has 24 heavy (non-hydrogen) atoms. The van der Waals surface area contributed by atoms with Crippen LogP contribution in [0.25, 0.3) is 0 Å². The number of hydroxylamine groups is 3. The Labute approximate surface area is 146 Å². The van der Waals surface area contributed by atoms with Gasteiger partial charge in [-0.05, 0) is 51.8 Å². The van der Waals surface area contributed by atoms with Gasteiger partial charge in [0.15, 0.2) is 5.82 Å². The summed E-state index contributed by atoms with van der Waals surface area (Å²) in [7, 11) is 0. The van der Waals surface area contributed by atoms with Gasteiger partial charge in [0, 0.05) is 6.54 Å². The standard InChI is InChI=1S/C16H12BrFN4O2/c17-14-7-13(4-5-15(14)18)21-10-16(22(23)24-21)20-9-12-3-1-2-11(6-12)8-19/h1-7,10,20,23H,9H2. The first-order valence-corrected chi connectivity index (χ1v) is 7.72. The summed E-state index contributed by atoms with van der Waals surface area (Å²) in [4.78, 5) is 5.16. The molecule has 2 N–H and O–H groups in total. The fraction of sp³-hybridized carbons (Fsp3) is 0.0625. The number of nitriles is 1. The van der Waals surface area contributed by atoms with Gasteiger partial charge in [-0.3, -0.25) is 5.21 Å². The largest absolute Gasteiger partial charge is 0.362 e. The minimum Gasteiger partial charge on any atom is -0.362 e. The molecule has 0 saturated carbocycles. The average molecular weight is 391 g/mol. The van der Waals surface area contributed by atoms with Gasteiger partial charge in [-0.1, -0.05) is 17.4 Å². The van der Waals surface area contributed by atoms with E-state index in [1.807, 2.05) is 6.07 Å². The fourth-order valence-electron chi connectivity index (χ4n) is 2.11. The Morgan fingerprint density at radius 3 is 2.88 bits per heavy atom. The van der Waals surface area contributed by atoms with E-state index in [1.165, 1.54) is 29.5 Å².